The van der Waals surface area contributed by atoms with Crippen molar-refractivity contribution in [2.24, 2.45) is 5.92 Å². The lowest BCUT2D eigenvalue weighted by Gasteiger charge is -2.37. The Labute approximate surface area is 355 Å². The molecule has 0 saturated heterocycles. The van der Waals surface area contributed by atoms with Gasteiger partial charge in [-0.25, -0.2) is 9.59 Å². The number of amides is 3. The van der Waals surface area contributed by atoms with Crippen LogP contribution in [-0.4, -0.2) is 52.6 Å². The van der Waals surface area contributed by atoms with Crippen LogP contribution in [0.1, 0.15) is 52.3 Å². The molecule has 2 heterocycles. The second-order valence-electron chi connectivity index (χ2n) is 15.1. The summed E-state index contributed by atoms with van der Waals surface area (Å²) in [5.74, 6) is -1.02. The average Bonchev–Trinajstić information content (AvgIpc) is 4.10. The van der Waals surface area contributed by atoms with Gasteiger partial charge in [-0.1, -0.05) is 77.8 Å². The number of nitrogens with one attached hydrogen (secondary N) is 2. The molecule has 1 aliphatic carbocycles. The molecule has 0 bridgehead atoms. The van der Waals surface area contributed by atoms with E-state index in [9.17, 15) is 24.3 Å². The topological polar surface area (TPSA) is 167 Å². The van der Waals surface area contributed by atoms with Crippen molar-refractivity contribution in [1.29, 1.82) is 5.26 Å². The van der Waals surface area contributed by atoms with E-state index in [1.165, 1.54) is 4.90 Å². The van der Waals surface area contributed by atoms with Crippen molar-refractivity contribution in [3.05, 3.63) is 147 Å². The normalized spacial score (nSPS) is 17.1. The highest BCUT2D eigenvalue weighted by Gasteiger charge is 2.40. The Kier molecular flexibility index (Phi) is 11.6. The number of hydrogen-bond donors (Lipinski definition) is 3. The third kappa shape index (κ3) is 9.18. The van der Waals surface area contributed by atoms with E-state index in [0.29, 0.717) is 55.0 Å². The molecule has 8 rings (SSSR count). The molecular weight excluding hydrogens is 807 g/mol. The number of aliphatic carboxylic acids is 1. The van der Waals surface area contributed by atoms with Gasteiger partial charge in [0, 0.05) is 18.4 Å². The Bertz CT molecular complexity index is 2500. The van der Waals surface area contributed by atoms with Crippen molar-refractivity contribution in [1.82, 2.24) is 10.2 Å². The fourth-order valence-corrected chi connectivity index (χ4v) is 7.52. The van der Waals surface area contributed by atoms with Gasteiger partial charge in [0.2, 0.25) is 12.0 Å². The number of halogens is 2. The van der Waals surface area contributed by atoms with Crippen LogP contribution in [0.3, 0.4) is 0 Å². The fourth-order valence-electron chi connectivity index (χ4n) is 7.20. The summed E-state index contributed by atoms with van der Waals surface area (Å²) >= 11 is 12.1. The van der Waals surface area contributed by atoms with Gasteiger partial charge in [0.05, 0.1) is 40.5 Å². The van der Waals surface area contributed by atoms with E-state index in [2.05, 4.69) is 16.7 Å². The van der Waals surface area contributed by atoms with E-state index >= 15 is 0 Å². The van der Waals surface area contributed by atoms with Gasteiger partial charge in [0.1, 0.15) is 30.2 Å². The number of carboxylic acid groups (broad SMARTS) is 1. The molecule has 1 unspecified atom stereocenters. The molecule has 14 heteroatoms. The monoisotopic (exact) mass is 844 g/mol. The number of carboxylic acids is 1. The third-order valence-corrected chi connectivity index (χ3v) is 11.5. The molecule has 5 aromatic carbocycles. The summed E-state index contributed by atoms with van der Waals surface area (Å²) in [7, 11) is 0. The highest BCUT2D eigenvalue weighted by Crippen LogP contribution is 2.40. The summed E-state index contributed by atoms with van der Waals surface area (Å²) in [6.07, 6.45) is 0.308. The Morgan fingerprint density at radius 1 is 0.900 bits per heavy atom. The summed E-state index contributed by atoms with van der Waals surface area (Å²) in [6, 6.07) is 29.9. The molecular formula is C46H38Cl2N4O8. The zero-order valence-corrected chi connectivity index (χ0v) is 33.5. The average molecular weight is 846 g/mol. The number of ether oxygens (including phenoxy) is 3. The number of rotatable bonds is 12. The van der Waals surface area contributed by atoms with Crippen molar-refractivity contribution < 1.29 is 38.5 Å². The smallest absolute Gasteiger partial charge is 0.410 e. The molecule has 0 radical (unpaired) electrons. The lowest BCUT2D eigenvalue weighted by atomic mass is 9.92. The van der Waals surface area contributed by atoms with E-state index in [-0.39, 0.29) is 38.5 Å². The standard InChI is InChI=1S/C46H38Cl2N4O8/c47-36-16-7-29(17-37(36)48)25-58-35-14-12-32(13-15-35)42-44(54)50-38-19-33-20-40(52(23-34(33)21-41(38)60-42)46(57)59-24-28-1-2-28)43(53)51-39(45(55)56)18-26-3-8-30(9-4-26)31-10-5-27(22-49)6-11-31/h3-17,19,21,28,39-40,42H,1-2,18,20,23-25H2,(H,50,54)(H,51,53)(H,55,56)/t39-,40?,42-/m0/s1. The molecule has 1 fully saturated rings. The van der Waals surface area contributed by atoms with Crippen LogP contribution in [0.4, 0.5) is 10.5 Å². The van der Waals surface area contributed by atoms with Crippen molar-refractivity contribution >= 4 is 52.8 Å². The van der Waals surface area contributed by atoms with E-state index in [0.717, 1.165) is 29.5 Å². The minimum atomic E-state index is -1.29. The Hall–Kier alpha value is -6.55. The molecule has 3 aliphatic rings. The third-order valence-electron chi connectivity index (χ3n) is 10.8. The molecule has 5 aromatic rings. The van der Waals surface area contributed by atoms with Crippen LogP contribution in [0.2, 0.25) is 10.0 Å². The highest BCUT2D eigenvalue weighted by molar-refractivity contribution is 6.42. The SMILES string of the molecule is N#Cc1ccc(-c2ccc(C[C@H](NC(=O)C3Cc4cc5c(cc4CN3C(=O)OCC3CC3)O[C@@H](c3ccc(OCc4ccc(Cl)c(Cl)c4)cc3)C(=O)N5)C(=O)O)cc2)cc1. The van der Waals surface area contributed by atoms with Gasteiger partial charge >= 0.3 is 12.1 Å². The van der Waals surface area contributed by atoms with Crippen molar-refractivity contribution in [3.8, 4) is 28.7 Å². The Morgan fingerprint density at radius 2 is 1.60 bits per heavy atom. The molecule has 2 aliphatic heterocycles. The Morgan fingerprint density at radius 3 is 2.27 bits per heavy atom. The van der Waals surface area contributed by atoms with Gasteiger partial charge in [0.25, 0.3) is 5.91 Å². The first-order valence-corrected chi connectivity index (χ1v) is 20.1. The summed E-state index contributed by atoms with van der Waals surface area (Å²) in [5, 5.41) is 25.8. The minimum absolute atomic E-state index is 0.00329. The zero-order chi connectivity index (χ0) is 41.9. The van der Waals surface area contributed by atoms with Crippen LogP contribution in [-0.2, 0) is 45.1 Å². The first-order valence-electron chi connectivity index (χ1n) is 19.4. The summed E-state index contributed by atoms with van der Waals surface area (Å²) in [5.41, 5.74) is 6.24. The van der Waals surface area contributed by atoms with Gasteiger partial charge in [0.15, 0.2) is 0 Å². The summed E-state index contributed by atoms with van der Waals surface area (Å²) in [4.78, 5) is 54.8. The maximum absolute atomic E-state index is 14.0. The molecule has 3 amide bonds. The molecule has 60 heavy (non-hydrogen) atoms. The number of anilines is 1. The predicted molar refractivity (Wildman–Crippen MR) is 223 cm³/mol. The van der Waals surface area contributed by atoms with Crippen LogP contribution in [0.5, 0.6) is 11.5 Å². The molecule has 3 N–H and O–H groups in total. The van der Waals surface area contributed by atoms with Crippen LogP contribution in [0, 0.1) is 17.2 Å². The van der Waals surface area contributed by atoms with Gasteiger partial charge in [-0.15, -0.1) is 0 Å². The van der Waals surface area contributed by atoms with E-state index in [1.807, 2.05) is 30.3 Å². The quantitative estimate of drug-likeness (QED) is 0.112. The van der Waals surface area contributed by atoms with E-state index < -0.39 is 42.1 Å². The number of fused-ring (bicyclic) bond motifs is 2. The van der Waals surface area contributed by atoms with E-state index in [1.54, 1.807) is 72.8 Å². The number of nitrogens with zero attached hydrogens (tertiary/aromatic N) is 2. The fraction of sp³-hybridized carbons (Fsp3) is 0.239. The summed E-state index contributed by atoms with van der Waals surface area (Å²) < 4.78 is 17.8. The largest absolute Gasteiger partial charge is 0.489 e. The van der Waals surface area contributed by atoms with Crippen molar-refractivity contribution in [2.75, 3.05) is 11.9 Å². The van der Waals surface area contributed by atoms with Crippen molar-refractivity contribution in [2.45, 2.75) is 57.0 Å². The van der Waals surface area contributed by atoms with Gasteiger partial charge in [-0.3, -0.25) is 14.5 Å². The van der Waals surface area contributed by atoms with Crippen LogP contribution in [0.15, 0.2) is 103 Å². The second-order valence-corrected chi connectivity index (χ2v) is 15.9. The van der Waals surface area contributed by atoms with Crippen LogP contribution < -0.4 is 20.1 Å². The lowest BCUT2D eigenvalue weighted by molar-refractivity contribution is -0.142. The van der Waals surface area contributed by atoms with Gasteiger partial charge < -0.3 is 30.0 Å². The molecule has 304 valence electrons. The first kappa shape index (κ1) is 40.2. The molecule has 12 nitrogen and oxygen atoms in total. The molecule has 3 atom stereocenters. The van der Waals surface area contributed by atoms with E-state index in [4.69, 9.17) is 42.7 Å². The predicted octanol–water partition coefficient (Wildman–Crippen LogP) is 8.27. The number of benzene rings is 5. The highest BCUT2D eigenvalue weighted by atomic mass is 35.5. The minimum Gasteiger partial charge on any atom is -0.489 e. The maximum Gasteiger partial charge on any atom is 0.410 e. The Balaban J connectivity index is 0.964. The first-order chi connectivity index (χ1) is 29.0. The van der Waals surface area contributed by atoms with Gasteiger partial charge in [-0.2, -0.15) is 5.26 Å². The number of carbonyl (C=O) groups is 4. The van der Waals surface area contributed by atoms with Crippen LogP contribution in [0.25, 0.3) is 11.1 Å². The number of nitriles is 1. The zero-order valence-electron chi connectivity index (χ0n) is 32.0. The van der Waals surface area contributed by atoms with Gasteiger partial charge in [-0.05, 0) is 101 Å². The molecule has 1 saturated carbocycles. The number of carbonyl (C=O) groups excluding carboxylic acids is 3. The molecule has 0 spiro atoms. The summed E-state index contributed by atoms with van der Waals surface area (Å²) in [6.45, 7) is 0.485. The molecule has 0 aromatic heterocycles. The van der Waals surface area contributed by atoms with Crippen LogP contribution >= 0.6 is 23.2 Å². The number of hydrogen-bond acceptors (Lipinski definition) is 8. The maximum atomic E-state index is 14.0. The second kappa shape index (κ2) is 17.4. The van der Waals surface area contributed by atoms with Crippen molar-refractivity contribution in [3.63, 3.8) is 0 Å². The lowest BCUT2D eigenvalue weighted by Crippen LogP contribution is -2.56.